The lowest BCUT2D eigenvalue weighted by Gasteiger charge is -2.13. The van der Waals surface area contributed by atoms with Gasteiger partial charge in [-0.05, 0) is 13.1 Å². The van der Waals surface area contributed by atoms with E-state index < -0.39 is 5.97 Å². The first kappa shape index (κ1) is 13.5. The first-order valence-corrected chi connectivity index (χ1v) is 4.75. The van der Waals surface area contributed by atoms with Gasteiger partial charge in [-0.3, -0.25) is 9.69 Å². The van der Waals surface area contributed by atoms with Gasteiger partial charge < -0.3 is 14.6 Å². The van der Waals surface area contributed by atoms with Crippen molar-refractivity contribution in [1.29, 1.82) is 0 Å². The predicted octanol–water partition coefficient (Wildman–Crippen LogP) is 1.39. The maximum atomic E-state index is 10.1. The van der Waals surface area contributed by atoms with Gasteiger partial charge in [0.15, 0.2) is 0 Å². The molecular formula is C10H17NO4. The maximum absolute atomic E-state index is 10.1. The van der Waals surface area contributed by atoms with Crippen molar-refractivity contribution in [3.05, 3.63) is 25.0 Å². The van der Waals surface area contributed by atoms with Crippen LogP contribution in [-0.2, 0) is 14.3 Å². The number of rotatable bonds is 4. The van der Waals surface area contributed by atoms with E-state index in [0.717, 1.165) is 13.1 Å². The quantitative estimate of drug-likeness (QED) is 0.767. The largest absolute Gasteiger partial charge is 0.480 e. The molecule has 15 heavy (non-hydrogen) atoms. The summed E-state index contributed by atoms with van der Waals surface area (Å²) in [7, 11) is 0. The molecule has 86 valence electrons. The number of carbonyl (C=O) groups is 1. The Morgan fingerprint density at radius 1 is 1.13 bits per heavy atom. The molecule has 5 heteroatoms. The molecule has 0 spiro atoms. The van der Waals surface area contributed by atoms with Crippen LogP contribution >= 0.6 is 0 Å². The Kier molecular flexibility index (Phi) is 8.18. The van der Waals surface area contributed by atoms with Crippen LogP contribution in [0.25, 0.3) is 0 Å². The molecule has 1 aliphatic heterocycles. The van der Waals surface area contributed by atoms with Crippen LogP contribution in [-0.4, -0.2) is 35.6 Å². The van der Waals surface area contributed by atoms with Gasteiger partial charge in [0.2, 0.25) is 0 Å². The van der Waals surface area contributed by atoms with Crippen molar-refractivity contribution in [2.75, 3.05) is 19.6 Å². The van der Waals surface area contributed by atoms with Crippen LogP contribution in [0.2, 0.25) is 0 Å². The lowest BCUT2D eigenvalue weighted by molar-refractivity contribution is -0.138. The minimum Gasteiger partial charge on any atom is -0.480 e. The summed E-state index contributed by atoms with van der Waals surface area (Å²) in [6, 6.07) is 0. The van der Waals surface area contributed by atoms with Crippen LogP contribution in [0.4, 0.5) is 0 Å². The summed E-state index contributed by atoms with van der Waals surface area (Å²) in [6.45, 7) is 5.68. The van der Waals surface area contributed by atoms with Crippen molar-refractivity contribution in [3.8, 4) is 0 Å². The van der Waals surface area contributed by atoms with Crippen molar-refractivity contribution in [2.45, 2.75) is 13.8 Å². The predicted molar refractivity (Wildman–Crippen MR) is 55.9 cm³/mol. The topological polar surface area (TPSA) is 59.0 Å². The standard InChI is InChI=1S/C6H13NO2.C4H4O2/c1-3-7(4-2)5-6(8)9;1-2-6-4-3-5-1/h3-5H2,1-2H3,(H,8,9);1-4H. The van der Waals surface area contributed by atoms with Crippen LogP contribution in [0.3, 0.4) is 0 Å². The van der Waals surface area contributed by atoms with Gasteiger partial charge in [-0.25, -0.2) is 0 Å². The molecule has 1 N–H and O–H groups in total. The number of hydrogen-bond donors (Lipinski definition) is 1. The Morgan fingerprint density at radius 3 is 1.67 bits per heavy atom. The van der Waals surface area contributed by atoms with E-state index in [2.05, 4.69) is 9.47 Å². The third kappa shape index (κ3) is 8.83. The van der Waals surface area contributed by atoms with E-state index in [-0.39, 0.29) is 6.54 Å². The van der Waals surface area contributed by atoms with Crippen molar-refractivity contribution < 1.29 is 19.4 Å². The molecule has 0 atom stereocenters. The third-order valence-electron chi connectivity index (χ3n) is 1.68. The van der Waals surface area contributed by atoms with Crippen molar-refractivity contribution in [1.82, 2.24) is 4.90 Å². The first-order chi connectivity index (χ1) is 7.20. The van der Waals surface area contributed by atoms with E-state index in [1.165, 1.54) is 25.0 Å². The molecule has 0 aliphatic carbocycles. The highest BCUT2D eigenvalue weighted by Gasteiger charge is 2.02. The summed E-state index contributed by atoms with van der Waals surface area (Å²) in [6.07, 6.45) is 5.83. The SMILES string of the molecule is C1=COC=CO1.CCN(CC)CC(=O)O. The van der Waals surface area contributed by atoms with Gasteiger partial charge in [-0.15, -0.1) is 0 Å². The molecule has 0 aromatic rings. The van der Waals surface area contributed by atoms with Crippen LogP contribution in [0.5, 0.6) is 0 Å². The molecule has 1 heterocycles. The highest BCUT2D eigenvalue weighted by atomic mass is 16.5. The van der Waals surface area contributed by atoms with E-state index >= 15 is 0 Å². The highest BCUT2D eigenvalue weighted by Crippen LogP contribution is 1.89. The van der Waals surface area contributed by atoms with Gasteiger partial charge in [-0.2, -0.15) is 0 Å². The number of likely N-dealkylation sites (N-methyl/N-ethyl adjacent to an activating group) is 1. The Bertz CT molecular complexity index is 201. The monoisotopic (exact) mass is 215 g/mol. The van der Waals surface area contributed by atoms with E-state index in [4.69, 9.17) is 5.11 Å². The molecule has 0 bridgehead atoms. The second-order valence-electron chi connectivity index (χ2n) is 2.67. The molecule has 5 nitrogen and oxygen atoms in total. The molecule has 0 amide bonds. The van der Waals surface area contributed by atoms with E-state index in [0.29, 0.717) is 0 Å². The molecule has 0 unspecified atom stereocenters. The van der Waals surface area contributed by atoms with Crippen molar-refractivity contribution in [2.24, 2.45) is 0 Å². The molecule has 0 radical (unpaired) electrons. The Hall–Kier alpha value is -1.49. The summed E-state index contributed by atoms with van der Waals surface area (Å²) in [5.41, 5.74) is 0. The third-order valence-corrected chi connectivity index (χ3v) is 1.68. The van der Waals surface area contributed by atoms with E-state index in [1.54, 1.807) is 0 Å². The Balaban J connectivity index is 0.000000280. The minimum atomic E-state index is -0.751. The Labute approximate surface area is 89.6 Å². The summed E-state index contributed by atoms with van der Waals surface area (Å²) < 4.78 is 9.17. The van der Waals surface area contributed by atoms with Gasteiger partial charge in [0, 0.05) is 0 Å². The van der Waals surface area contributed by atoms with Crippen LogP contribution in [0, 0.1) is 0 Å². The number of carboxylic acid groups (broad SMARTS) is 1. The first-order valence-electron chi connectivity index (χ1n) is 4.75. The average Bonchev–Trinajstić information content (AvgIpc) is 2.29. The van der Waals surface area contributed by atoms with E-state index in [9.17, 15) is 4.79 Å². The fourth-order valence-electron chi connectivity index (χ4n) is 0.858. The summed E-state index contributed by atoms with van der Waals surface area (Å²) in [5, 5.41) is 8.30. The van der Waals surface area contributed by atoms with Gasteiger partial charge in [0.25, 0.3) is 0 Å². The minimum absolute atomic E-state index is 0.160. The molecule has 0 fully saturated rings. The molecule has 0 saturated carbocycles. The van der Waals surface area contributed by atoms with Gasteiger partial charge in [0.05, 0.1) is 6.54 Å². The fourth-order valence-corrected chi connectivity index (χ4v) is 0.858. The smallest absolute Gasteiger partial charge is 0.317 e. The van der Waals surface area contributed by atoms with Gasteiger partial charge in [0.1, 0.15) is 25.0 Å². The average molecular weight is 215 g/mol. The number of ether oxygens (including phenoxy) is 2. The highest BCUT2D eigenvalue weighted by molar-refractivity contribution is 5.69. The second-order valence-corrected chi connectivity index (χ2v) is 2.67. The van der Waals surface area contributed by atoms with Crippen LogP contribution in [0.15, 0.2) is 25.0 Å². The second kappa shape index (κ2) is 9.08. The molecular weight excluding hydrogens is 198 g/mol. The summed E-state index contributed by atoms with van der Waals surface area (Å²) >= 11 is 0. The van der Waals surface area contributed by atoms with Gasteiger partial charge in [-0.1, -0.05) is 13.8 Å². The fraction of sp³-hybridized carbons (Fsp3) is 0.500. The van der Waals surface area contributed by atoms with Crippen molar-refractivity contribution >= 4 is 5.97 Å². The molecule has 0 aromatic heterocycles. The van der Waals surface area contributed by atoms with Crippen molar-refractivity contribution in [3.63, 3.8) is 0 Å². The molecule has 0 aromatic carbocycles. The summed E-state index contributed by atoms with van der Waals surface area (Å²) in [4.78, 5) is 11.9. The number of hydrogen-bond acceptors (Lipinski definition) is 4. The van der Waals surface area contributed by atoms with Crippen LogP contribution in [0.1, 0.15) is 13.8 Å². The molecule has 0 saturated heterocycles. The lowest BCUT2D eigenvalue weighted by Crippen LogP contribution is -2.29. The zero-order valence-corrected chi connectivity index (χ0v) is 9.05. The zero-order chi connectivity index (χ0) is 11.5. The van der Waals surface area contributed by atoms with Crippen LogP contribution < -0.4 is 0 Å². The van der Waals surface area contributed by atoms with Gasteiger partial charge >= 0.3 is 5.97 Å². The zero-order valence-electron chi connectivity index (χ0n) is 9.05. The number of aliphatic carboxylic acids is 1. The molecule has 1 rings (SSSR count). The lowest BCUT2D eigenvalue weighted by atomic mass is 10.5. The van der Waals surface area contributed by atoms with E-state index in [1.807, 2.05) is 18.7 Å². The normalized spacial score (nSPS) is 12.5. The maximum Gasteiger partial charge on any atom is 0.317 e. The number of nitrogens with zero attached hydrogens (tertiary/aromatic N) is 1. The molecule has 1 aliphatic rings. The number of carboxylic acids is 1. The summed E-state index contributed by atoms with van der Waals surface area (Å²) in [5.74, 6) is -0.751. The Morgan fingerprint density at radius 2 is 1.53 bits per heavy atom.